The van der Waals surface area contributed by atoms with Crippen molar-refractivity contribution in [3.63, 3.8) is 0 Å². The Morgan fingerprint density at radius 3 is 2.33 bits per heavy atom. The molecule has 0 aliphatic rings. The van der Waals surface area contributed by atoms with Gasteiger partial charge in [-0.2, -0.15) is 0 Å². The zero-order valence-corrected chi connectivity index (χ0v) is 12.6. The minimum atomic E-state index is -0.335. The lowest BCUT2D eigenvalue weighted by Gasteiger charge is -2.17. The van der Waals surface area contributed by atoms with Crippen molar-refractivity contribution >= 4 is 0 Å². The van der Waals surface area contributed by atoms with Gasteiger partial charge in [-0.25, -0.2) is 8.78 Å². The van der Waals surface area contributed by atoms with Crippen LogP contribution in [0.2, 0.25) is 0 Å². The third-order valence-electron chi connectivity index (χ3n) is 3.56. The van der Waals surface area contributed by atoms with E-state index in [1.165, 1.54) is 12.3 Å². The summed E-state index contributed by atoms with van der Waals surface area (Å²) in [5, 5.41) is 3.39. The van der Waals surface area contributed by atoms with E-state index in [0.717, 1.165) is 17.7 Å². The van der Waals surface area contributed by atoms with Gasteiger partial charge in [-0.1, -0.05) is 19.1 Å². The van der Waals surface area contributed by atoms with Crippen LogP contribution in [0.5, 0.6) is 0 Å². The van der Waals surface area contributed by atoms with Gasteiger partial charge < -0.3 is 5.32 Å². The van der Waals surface area contributed by atoms with Crippen LogP contribution in [0.3, 0.4) is 0 Å². The highest BCUT2D eigenvalue weighted by Gasteiger charge is 2.11. The van der Waals surface area contributed by atoms with Crippen LogP contribution >= 0.6 is 0 Å². The molecular weight excluding hydrogens is 270 g/mol. The Morgan fingerprint density at radius 2 is 1.81 bits per heavy atom. The fourth-order valence-corrected chi connectivity index (χ4v) is 2.43. The third-order valence-corrected chi connectivity index (χ3v) is 3.56. The average molecular weight is 290 g/mol. The van der Waals surface area contributed by atoms with E-state index in [1.54, 1.807) is 19.9 Å². The van der Waals surface area contributed by atoms with E-state index in [2.05, 4.69) is 10.3 Å². The summed E-state index contributed by atoms with van der Waals surface area (Å²) in [6, 6.07) is 6.85. The molecule has 0 aliphatic heterocycles. The molecule has 0 spiro atoms. The Balaban J connectivity index is 2.08. The molecule has 0 amide bonds. The van der Waals surface area contributed by atoms with E-state index in [-0.39, 0.29) is 17.7 Å². The van der Waals surface area contributed by atoms with Crippen LogP contribution in [0.4, 0.5) is 8.78 Å². The molecule has 1 aromatic carbocycles. The molecule has 1 unspecified atom stereocenters. The number of nitrogens with one attached hydrogen (secondary N) is 1. The SMILES string of the molecule is CCC(NCc1cc(C)c(F)c(C)c1)c1ccc(F)cn1. The van der Waals surface area contributed by atoms with Crippen molar-refractivity contribution < 1.29 is 8.78 Å². The molecule has 0 saturated heterocycles. The zero-order chi connectivity index (χ0) is 15.4. The predicted octanol–water partition coefficient (Wildman–Crippen LogP) is 4.22. The van der Waals surface area contributed by atoms with Crippen LogP contribution in [0, 0.1) is 25.5 Å². The van der Waals surface area contributed by atoms with Crippen LogP contribution in [0.15, 0.2) is 30.5 Å². The first-order valence-electron chi connectivity index (χ1n) is 7.11. The van der Waals surface area contributed by atoms with Gasteiger partial charge in [0.2, 0.25) is 0 Å². The van der Waals surface area contributed by atoms with Gasteiger partial charge in [0, 0.05) is 12.6 Å². The molecule has 1 aromatic heterocycles. The van der Waals surface area contributed by atoms with Gasteiger partial charge in [0.15, 0.2) is 0 Å². The lowest BCUT2D eigenvalue weighted by atomic mass is 10.1. The first-order chi connectivity index (χ1) is 10.0. The minimum Gasteiger partial charge on any atom is -0.305 e. The Morgan fingerprint density at radius 1 is 1.14 bits per heavy atom. The molecule has 1 atom stereocenters. The highest BCUT2D eigenvalue weighted by Crippen LogP contribution is 2.18. The number of hydrogen-bond donors (Lipinski definition) is 1. The van der Waals surface area contributed by atoms with Gasteiger partial charge in [0.1, 0.15) is 11.6 Å². The third kappa shape index (κ3) is 3.85. The van der Waals surface area contributed by atoms with Crippen LogP contribution in [-0.4, -0.2) is 4.98 Å². The second-order valence-corrected chi connectivity index (χ2v) is 5.29. The van der Waals surface area contributed by atoms with E-state index < -0.39 is 0 Å². The van der Waals surface area contributed by atoms with Crippen molar-refractivity contribution in [2.45, 2.75) is 39.8 Å². The van der Waals surface area contributed by atoms with Crippen molar-refractivity contribution in [2.24, 2.45) is 0 Å². The second kappa shape index (κ2) is 6.76. The summed E-state index contributed by atoms with van der Waals surface area (Å²) in [5.41, 5.74) is 3.15. The molecule has 0 bridgehead atoms. The fraction of sp³-hybridized carbons (Fsp3) is 0.353. The number of aryl methyl sites for hydroxylation is 2. The molecule has 0 radical (unpaired) electrons. The van der Waals surface area contributed by atoms with Gasteiger partial charge in [-0.15, -0.1) is 0 Å². The number of benzene rings is 1. The highest BCUT2D eigenvalue weighted by molar-refractivity contribution is 5.30. The monoisotopic (exact) mass is 290 g/mol. The number of aromatic nitrogens is 1. The van der Waals surface area contributed by atoms with Gasteiger partial charge in [0.25, 0.3) is 0 Å². The molecule has 4 heteroatoms. The van der Waals surface area contributed by atoms with Crippen LogP contribution in [0.25, 0.3) is 0 Å². The normalized spacial score (nSPS) is 12.4. The lowest BCUT2D eigenvalue weighted by molar-refractivity contribution is 0.503. The molecule has 2 aromatic rings. The highest BCUT2D eigenvalue weighted by atomic mass is 19.1. The summed E-state index contributed by atoms with van der Waals surface area (Å²) in [4.78, 5) is 4.11. The lowest BCUT2D eigenvalue weighted by Crippen LogP contribution is -2.21. The molecule has 0 saturated carbocycles. The Kier molecular flexibility index (Phi) is 5.02. The van der Waals surface area contributed by atoms with Gasteiger partial charge >= 0.3 is 0 Å². The summed E-state index contributed by atoms with van der Waals surface area (Å²) >= 11 is 0. The predicted molar refractivity (Wildman–Crippen MR) is 79.9 cm³/mol. The van der Waals surface area contributed by atoms with Crippen molar-refractivity contribution in [2.75, 3.05) is 0 Å². The van der Waals surface area contributed by atoms with E-state index in [4.69, 9.17) is 0 Å². The summed E-state index contributed by atoms with van der Waals surface area (Å²) in [6.45, 7) is 6.21. The molecule has 0 fully saturated rings. The van der Waals surface area contributed by atoms with Crippen molar-refractivity contribution in [1.82, 2.24) is 10.3 Å². The summed E-state index contributed by atoms with van der Waals surface area (Å²) < 4.78 is 26.5. The smallest absolute Gasteiger partial charge is 0.141 e. The minimum absolute atomic E-state index is 0.0521. The Labute approximate surface area is 124 Å². The topological polar surface area (TPSA) is 24.9 Å². The molecule has 0 aliphatic carbocycles. The molecule has 1 heterocycles. The molecule has 2 nitrogen and oxygen atoms in total. The maximum absolute atomic E-state index is 13.6. The van der Waals surface area contributed by atoms with Crippen molar-refractivity contribution in [1.29, 1.82) is 0 Å². The standard InChI is InChI=1S/C17H20F2N2/c1-4-15(16-6-5-14(18)10-21-16)20-9-13-7-11(2)17(19)12(3)8-13/h5-8,10,15,20H,4,9H2,1-3H3. The van der Waals surface area contributed by atoms with Gasteiger partial charge in [-0.05, 0) is 49.1 Å². The largest absolute Gasteiger partial charge is 0.305 e. The average Bonchev–Trinajstić information content (AvgIpc) is 2.47. The summed E-state index contributed by atoms with van der Waals surface area (Å²) in [7, 11) is 0. The van der Waals surface area contributed by atoms with E-state index >= 15 is 0 Å². The van der Waals surface area contributed by atoms with Crippen molar-refractivity contribution in [3.05, 3.63) is 64.5 Å². The maximum atomic E-state index is 13.6. The molecule has 112 valence electrons. The first-order valence-corrected chi connectivity index (χ1v) is 7.11. The molecule has 1 N–H and O–H groups in total. The second-order valence-electron chi connectivity index (χ2n) is 5.29. The zero-order valence-electron chi connectivity index (χ0n) is 12.6. The Hall–Kier alpha value is -1.81. The maximum Gasteiger partial charge on any atom is 0.141 e. The number of nitrogens with zero attached hydrogens (tertiary/aromatic N) is 1. The fourth-order valence-electron chi connectivity index (χ4n) is 2.43. The molecule has 21 heavy (non-hydrogen) atoms. The Bertz CT molecular complexity index is 586. The van der Waals surface area contributed by atoms with Crippen LogP contribution in [-0.2, 0) is 6.54 Å². The van der Waals surface area contributed by atoms with Crippen LogP contribution in [0.1, 0.15) is 41.8 Å². The van der Waals surface area contributed by atoms with E-state index in [1.807, 2.05) is 19.1 Å². The number of rotatable bonds is 5. The van der Waals surface area contributed by atoms with Crippen LogP contribution < -0.4 is 5.32 Å². The quantitative estimate of drug-likeness (QED) is 0.892. The van der Waals surface area contributed by atoms with Crippen molar-refractivity contribution in [3.8, 4) is 0 Å². The summed E-state index contributed by atoms with van der Waals surface area (Å²) in [6.07, 6.45) is 2.07. The summed E-state index contributed by atoms with van der Waals surface area (Å²) in [5.74, 6) is -0.482. The van der Waals surface area contributed by atoms with Gasteiger partial charge in [-0.3, -0.25) is 4.98 Å². The number of halogens is 2. The van der Waals surface area contributed by atoms with E-state index in [9.17, 15) is 8.78 Å². The number of pyridine rings is 1. The molecule has 2 rings (SSSR count). The number of hydrogen-bond acceptors (Lipinski definition) is 2. The molecular formula is C17H20F2N2. The van der Waals surface area contributed by atoms with E-state index in [0.29, 0.717) is 17.7 Å². The van der Waals surface area contributed by atoms with Gasteiger partial charge in [0.05, 0.1) is 11.9 Å². The first kappa shape index (κ1) is 15.6.